The van der Waals surface area contributed by atoms with Crippen molar-refractivity contribution in [1.29, 1.82) is 0 Å². The van der Waals surface area contributed by atoms with Crippen molar-refractivity contribution in [2.45, 2.75) is 24.1 Å². The minimum absolute atomic E-state index is 0.229. The summed E-state index contributed by atoms with van der Waals surface area (Å²) < 4.78 is 47.6. The van der Waals surface area contributed by atoms with Crippen molar-refractivity contribution >= 4 is 11.6 Å². The molecule has 0 spiro atoms. The second-order valence-corrected chi connectivity index (χ2v) is 4.30. The Kier molecular flexibility index (Phi) is 3.44. The van der Waals surface area contributed by atoms with Gasteiger partial charge in [0.25, 0.3) is 5.56 Å². The normalized spacial score (nSPS) is 33.9. The number of aliphatic hydroxyl groups excluding tert-OH is 1. The molecule has 2 heterocycles. The molecule has 0 amide bonds. The van der Waals surface area contributed by atoms with Crippen molar-refractivity contribution in [3.63, 3.8) is 0 Å². The fourth-order valence-electron chi connectivity index (χ4n) is 1.89. The van der Waals surface area contributed by atoms with E-state index in [2.05, 4.69) is 0 Å². The van der Waals surface area contributed by atoms with E-state index in [0.29, 0.717) is 6.20 Å². The highest BCUT2D eigenvalue weighted by Gasteiger charge is 2.58. The number of hydrogen-bond donors (Lipinski definition) is 3. The Balaban J connectivity index is 2.64. The molecule has 7 nitrogen and oxygen atoms in total. The van der Waals surface area contributed by atoms with Gasteiger partial charge in [0.1, 0.15) is 12.2 Å². The zero-order valence-electron chi connectivity index (χ0n) is 12.0. The van der Waals surface area contributed by atoms with E-state index in [4.69, 9.17) is 19.1 Å². The second kappa shape index (κ2) is 5.57. The Morgan fingerprint density at radius 2 is 2.33 bits per heavy atom. The summed E-state index contributed by atoms with van der Waals surface area (Å²) >= 11 is 5.10. The van der Waals surface area contributed by atoms with Gasteiger partial charge in [-0.15, -0.1) is 0 Å². The molecule has 0 radical (unpaired) electrons. The van der Waals surface area contributed by atoms with Crippen LogP contribution in [-0.4, -0.2) is 44.2 Å². The van der Waals surface area contributed by atoms with Gasteiger partial charge in [-0.3, -0.25) is 14.3 Å². The summed E-state index contributed by atoms with van der Waals surface area (Å²) in [5.41, 5.74) is -5.82. The maximum Gasteiger partial charge on any atom is 0.330 e. The minimum atomic E-state index is -3.20. The quantitative estimate of drug-likeness (QED) is 0.595. The predicted octanol–water partition coefficient (Wildman–Crippen LogP) is -1.17. The average molecular weight is 325 g/mol. The maximum atomic E-state index is 15.0. The summed E-state index contributed by atoms with van der Waals surface area (Å²) in [5.74, 6) is 0.245. The molecule has 0 bridgehead atoms. The lowest BCUT2D eigenvalue weighted by molar-refractivity contribution is -0.0547. The van der Waals surface area contributed by atoms with Gasteiger partial charge in [0.2, 0.25) is 11.5 Å². The Labute approximate surface area is 123 Å². The summed E-state index contributed by atoms with van der Waals surface area (Å²) in [5, 5.41) is 20.8. The molecule has 4 atom stereocenters. The van der Waals surface area contributed by atoms with E-state index >= 15 is 0 Å². The van der Waals surface area contributed by atoms with Crippen LogP contribution in [0.2, 0.25) is 0 Å². The van der Waals surface area contributed by atoms with Crippen molar-refractivity contribution in [1.82, 2.24) is 9.55 Å². The largest absolute Gasteiger partial charge is 0.394 e. The molecule has 1 aliphatic heterocycles. The van der Waals surface area contributed by atoms with Crippen LogP contribution >= 0.6 is 11.6 Å². The van der Waals surface area contributed by atoms with Crippen LogP contribution in [0, 0.1) is 17.1 Å². The Hall–Kier alpha value is -1.73. The van der Waals surface area contributed by atoms with Gasteiger partial charge < -0.3 is 14.9 Å². The van der Waals surface area contributed by atoms with Crippen molar-refractivity contribution in [3.8, 4) is 11.3 Å². The van der Waals surface area contributed by atoms with E-state index in [1.54, 1.807) is 16.3 Å². The van der Waals surface area contributed by atoms with Gasteiger partial charge in [-0.1, -0.05) is 0 Å². The first-order valence-electron chi connectivity index (χ1n) is 6.41. The summed E-state index contributed by atoms with van der Waals surface area (Å²) in [6.07, 6.45) is -6.38. The molecule has 0 aliphatic carbocycles. The number of rotatable bonds is 2. The molecule has 2 rings (SSSR count). The van der Waals surface area contributed by atoms with Crippen LogP contribution in [0.5, 0.6) is 0 Å². The molecule has 1 aromatic heterocycles. The number of alkyl halides is 1. The van der Waals surface area contributed by atoms with Gasteiger partial charge in [-0.25, -0.2) is 9.18 Å². The van der Waals surface area contributed by atoms with E-state index in [9.17, 15) is 28.6 Å². The zero-order chi connectivity index (χ0) is 17.6. The number of nitrogens with one attached hydrogen (secondary N) is 1. The Morgan fingerprint density at radius 3 is 2.90 bits per heavy atom. The van der Waals surface area contributed by atoms with Crippen molar-refractivity contribution in [2.75, 3.05) is 6.56 Å². The first-order chi connectivity index (χ1) is 10.5. The van der Waals surface area contributed by atoms with E-state index in [-0.39, 0.29) is 4.57 Å². The monoisotopic (exact) mass is 324 g/mol. The lowest BCUT2D eigenvalue weighted by Gasteiger charge is -2.23. The van der Waals surface area contributed by atoms with Crippen molar-refractivity contribution in [3.05, 3.63) is 32.9 Å². The molecule has 0 saturated carbocycles. The van der Waals surface area contributed by atoms with Crippen LogP contribution in [0.4, 0.5) is 8.78 Å². The van der Waals surface area contributed by atoms with Crippen LogP contribution < -0.4 is 11.2 Å². The van der Waals surface area contributed by atoms with Gasteiger partial charge >= 0.3 is 5.69 Å². The molecule has 114 valence electrons. The number of aliphatic hydroxyl groups is 2. The first kappa shape index (κ1) is 13.0. The summed E-state index contributed by atoms with van der Waals surface area (Å²) in [6, 6.07) is 0. The molecular weight excluding hydrogens is 314 g/mol. The number of hydrogen-bond acceptors (Lipinski definition) is 5. The number of halogens is 3. The molecule has 21 heavy (non-hydrogen) atoms. The molecule has 0 aromatic carbocycles. The van der Waals surface area contributed by atoms with Gasteiger partial charge in [0, 0.05) is 5.38 Å². The Morgan fingerprint density at radius 1 is 1.67 bits per heavy atom. The van der Waals surface area contributed by atoms with Crippen molar-refractivity contribution < 1.29 is 26.5 Å². The average Bonchev–Trinajstić information content (AvgIpc) is 2.67. The SMILES string of the molecule is [2H]C([2H])(O)[C@H]1O[C@@H](n2cc(F)c(=O)[nH]c2=O)C(F)(C#CCl)[C@H]1O. The summed E-state index contributed by atoms with van der Waals surface area (Å²) in [6.45, 7) is -3.20. The topological polar surface area (TPSA) is 105 Å². The van der Waals surface area contributed by atoms with Crippen LogP contribution in [0.3, 0.4) is 0 Å². The third kappa shape index (κ3) is 2.47. The standard InChI is InChI=1S/C11H9ClF2N2O5/c12-2-1-11(14)7(18)6(4-17)21-9(11)16-3-5(13)8(19)15-10(16)20/h3,6-7,9,17-18H,4H2,(H,15,19,20)/t6-,7+,9-,11?/m1/s1/i4D2. The summed E-state index contributed by atoms with van der Waals surface area (Å²) in [4.78, 5) is 24.3. The number of aromatic amines is 1. The summed E-state index contributed by atoms with van der Waals surface area (Å²) in [7, 11) is 0. The second-order valence-electron chi connectivity index (χ2n) is 4.11. The molecule has 1 aliphatic rings. The molecular formula is C11H9ClF2N2O5. The highest BCUT2D eigenvalue weighted by molar-refractivity contribution is 6.30. The van der Waals surface area contributed by atoms with Crippen LogP contribution in [0.15, 0.2) is 15.8 Å². The highest BCUT2D eigenvalue weighted by Crippen LogP contribution is 2.40. The number of ether oxygens (including phenoxy) is 1. The molecule has 1 fully saturated rings. The maximum absolute atomic E-state index is 15.0. The van der Waals surface area contributed by atoms with E-state index in [0.717, 1.165) is 0 Å². The molecule has 1 saturated heterocycles. The fraction of sp³-hybridized carbons (Fsp3) is 0.455. The highest BCUT2D eigenvalue weighted by atomic mass is 35.5. The van der Waals surface area contributed by atoms with Crippen LogP contribution in [0.1, 0.15) is 8.97 Å². The molecule has 1 unspecified atom stereocenters. The van der Waals surface area contributed by atoms with E-state index in [1.165, 1.54) is 0 Å². The number of aromatic nitrogens is 2. The molecule has 10 heteroatoms. The number of H-pyrrole nitrogens is 1. The molecule has 3 N–H and O–H groups in total. The van der Waals surface area contributed by atoms with Gasteiger partial charge in [-0.05, 0) is 17.5 Å². The van der Waals surface area contributed by atoms with Crippen LogP contribution in [0.25, 0.3) is 0 Å². The number of nitrogens with zero attached hydrogens (tertiary/aromatic N) is 1. The third-order valence-corrected chi connectivity index (χ3v) is 2.99. The lowest BCUT2D eigenvalue weighted by Crippen LogP contribution is -2.45. The third-order valence-electron chi connectivity index (χ3n) is 2.90. The zero-order valence-corrected chi connectivity index (χ0v) is 10.8. The predicted molar refractivity (Wildman–Crippen MR) is 65.8 cm³/mol. The smallest absolute Gasteiger partial charge is 0.330 e. The first-order valence-corrected chi connectivity index (χ1v) is 5.78. The van der Waals surface area contributed by atoms with Gasteiger partial charge in [-0.2, -0.15) is 4.39 Å². The van der Waals surface area contributed by atoms with Crippen LogP contribution in [-0.2, 0) is 4.74 Å². The minimum Gasteiger partial charge on any atom is -0.394 e. The van der Waals surface area contributed by atoms with Crippen molar-refractivity contribution in [2.24, 2.45) is 0 Å². The van der Waals surface area contributed by atoms with Gasteiger partial charge in [0.05, 0.1) is 15.5 Å². The van der Waals surface area contributed by atoms with E-state index in [1.807, 2.05) is 0 Å². The Bertz CT molecular complexity index is 799. The fourth-order valence-corrected chi connectivity index (χ4v) is 2.04. The molecule has 1 aromatic rings. The lowest BCUT2D eigenvalue weighted by atomic mass is 9.97. The van der Waals surface area contributed by atoms with E-state index < -0.39 is 47.7 Å². The van der Waals surface area contributed by atoms with Gasteiger partial charge in [0.15, 0.2) is 6.23 Å².